The Balaban J connectivity index is 3.78. The van der Waals surface area contributed by atoms with E-state index in [0.717, 1.165) is 0 Å². The van der Waals surface area contributed by atoms with Gasteiger partial charge in [0.2, 0.25) is 0 Å². The number of carbonyl (C=O) groups is 1. The molecule has 0 radical (unpaired) electrons. The standard InChI is InChI=1S/C5H11NO5/c7-2-5(11,3-8)6-1-4(9)10/h6-8,11H,1-3H2,(H,9,10). The number of hydrogen-bond acceptors (Lipinski definition) is 5. The summed E-state index contributed by atoms with van der Waals surface area (Å²) in [5.41, 5.74) is -1.90. The lowest BCUT2D eigenvalue weighted by molar-refractivity contribution is -0.139. The first kappa shape index (κ1) is 10.3. The number of nitrogens with one attached hydrogen (secondary N) is 1. The van der Waals surface area contributed by atoms with Crippen LogP contribution in [0.25, 0.3) is 0 Å². The topological polar surface area (TPSA) is 110 Å². The minimum absolute atomic E-state index is 0.516. The van der Waals surface area contributed by atoms with Crippen molar-refractivity contribution in [2.75, 3.05) is 19.8 Å². The number of aliphatic hydroxyl groups excluding tert-OH is 2. The van der Waals surface area contributed by atoms with E-state index in [2.05, 4.69) is 5.32 Å². The summed E-state index contributed by atoms with van der Waals surface area (Å²) in [6.45, 7) is -1.99. The van der Waals surface area contributed by atoms with E-state index in [1.54, 1.807) is 0 Å². The van der Waals surface area contributed by atoms with Crippen molar-refractivity contribution in [1.29, 1.82) is 0 Å². The summed E-state index contributed by atoms with van der Waals surface area (Å²) < 4.78 is 0. The van der Waals surface area contributed by atoms with E-state index in [1.165, 1.54) is 0 Å². The Bertz CT molecular complexity index is 133. The van der Waals surface area contributed by atoms with Crippen molar-refractivity contribution in [3.8, 4) is 0 Å². The summed E-state index contributed by atoms with van der Waals surface area (Å²) in [5.74, 6) is -1.18. The molecule has 0 aromatic heterocycles. The van der Waals surface area contributed by atoms with Crippen molar-refractivity contribution in [2.24, 2.45) is 0 Å². The highest BCUT2D eigenvalue weighted by atomic mass is 16.4. The van der Waals surface area contributed by atoms with Crippen LogP contribution in [-0.4, -0.2) is 51.9 Å². The van der Waals surface area contributed by atoms with Crippen LogP contribution in [-0.2, 0) is 4.79 Å². The lowest BCUT2D eigenvalue weighted by Gasteiger charge is -2.23. The Hall–Kier alpha value is -0.690. The highest BCUT2D eigenvalue weighted by molar-refractivity contribution is 5.69. The largest absolute Gasteiger partial charge is 0.480 e. The van der Waals surface area contributed by atoms with E-state index in [1.807, 2.05) is 0 Å². The summed E-state index contributed by atoms with van der Waals surface area (Å²) in [5, 5.41) is 36.1. The molecule has 0 fully saturated rings. The Labute approximate surface area is 63.1 Å². The van der Waals surface area contributed by atoms with Gasteiger partial charge in [-0.3, -0.25) is 10.1 Å². The number of rotatable bonds is 5. The number of aliphatic carboxylic acids is 1. The molecule has 0 aromatic carbocycles. The number of carboxylic acid groups (broad SMARTS) is 1. The van der Waals surface area contributed by atoms with Crippen LogP contribution in [0.3, 0.4) is 0 Å². The van der Waals surface area contributed by atoms with Gasteiger partial charge in [0.15, 0.2) is 5.72 Å². The van der Waals surface area contributed by atoms with Crippen LogP contribution in [0.1, 0.15) is 0 Å². The third kappa shape index (κ3) is 3.89. The SMILES string of the molecule is O=C(O)CNC(O)(CO)CO. The second-order valence-corrected chi connectivity index (χ2v) is 2.10. The summed E-state index contributed by atoms with van der Waals surface area (Å²) in [7, 11) is 0. The molecular weight excluding hydrogens is 154 g/mol. The van der Waals surface area contributed by atoms with E-state index in [9.17, 15) is 4.79 Å². The fourth-order valence-corrected chi connectivity index (χ4v) is 0.402. The van der Waals surface area contributed by atoms with Gasteiger partial charge in [-0.1, -0.05) is 0 Å². The minimum Gasteiger partial charge on any atom is -0.480 e. The molecule has 0 saturated carbocycles. The molecule has 0 amide bonds. The van der Waals surface area contributed by atoms with Crippen molar-refractivity contribution in [2.45, 2.75) is 5.72 Å². The van der Waals surface area contributed by atoms with Crippen molar-refractivity contribution in [3.05, 3.63) is 0 Å². The molecule has 0 rings (SSSR count). The number of hydrogen-bond donors (Lipinski definition) is 5. The van der Waals surface area contributed by atoms with Crippen LogP contribution < -0.4 is 5.32 Å². The van der Waals surface area contributed by atoms with Crippen molar-refractivity contribution < 1.29 is 25.2 Å². The predicted octanol–water partition coefficient (Wildman–Crippen LogP) is -2.67. The molecule has 6 heteroatoms. The first-order chi connectivity index (χ1) is 5.04. The molecule has 11 heavy (non-hydrogen) atoms. The molecule has 0 bridgehead atoms. The van der Waals surface area contributed by atoms with Gasteiger partial charge in [-0.15, -0.1) is 0 Å². The molecule has 5 N–H and O–H groups in total. The lowest BCUT2D eigenvalue weighted by Crippen LogP contribution is -2.53. The second-order valence-electron chi connectivity index (χ2n) is 2.10. The van der Waals surface area contributed by atoms with Gasteiger partial charge in [-0.25, -0.2) is 0 Å². The van der Waals surface area contributed by atoms with Gasteiger partial charge in [-0.05, 0) is 0 Å². The smallest absolute Gasteiger partial charge is 0.317 e. The molecule has 0 aromatic rings. The van der Waals surface area contributed by atoms with Gasteiger partial charge in [0, 0.05) is 0 Å². The first-order valence-corrected chi connectivity index (χ1v) is 2.95. The summed E-state index contributed by atoms with van der Waals surface area (Å²) >= 11 is 0. The number of aliphatic hydroxyl groups is 3. The molecule has 6 nitrogen and oxygen atoms in total. The van der Waals surface area contributed by atoms with Crippen LogP contribution in [0.4, 0.5) is 0 Å². The van der Waals surface area contributed by atoms with E-state index in [0.29, 0.717) is 0 Å². The molecule has 0 heterocycles. The summed E-state index contributed by atoms with van der Waals surface area (Å²) in [6, 6.07) is 0. The fraction of sp³-hybridized carbons (Fsp3) is 0.800. The maximum Gasteiger partial charge on any atom is 0.317 e. The van der Waals surface area contributed by atoms with E-state index < -0.39 is 31.5 Å². The molecule has 0 aliphatic carbocycles. The third-order valence-corrected chi connectivity index (χ3v) is 1.09. The zero-order chi connectivity index (χ0) is 8.91. The monoisotopic (exact) mass is 165 g/mol. The third-order valence-electron chi connectivity index (χ3n) is 1.09. The lowest BCUT2D eigenvalue weighted by atomic mass is 10.2. The van der Waals surface area contributed by atoms with Crippen molar-refractivity contribution in [3.63, 3.8) is 0 Å². The molecule has 0 saturated heterocycles. The second kappa shape index (κ2) is 4.24. The molecule has 0 aliphatic rings. The average molecular weight is 165 g/mol. The van der Waals surface area contributed by atoms with Gasteiger partial charge < -0.3 is 20.4 Å². The first-order valence-electron chi connectivity index (χ1n) is 2.95. The minimum atomic E-state index is -1.90. The van der Waals surface area contributed by atoms with Crippen molar-refractivity contribution >= 4 is 5.97 Å². The summed E-state index contributed by atoms with van der Waals surface area (Å²) in [6.07, 6.45) is 0. The van der Waals surface area contributed by atoms with Crippen LogP contribution in [0.15, 0.2) is 0 Å². The highest BCUT2D eigenvalue weighted by Gasteiger charge is 2.24. The van der Waals surface area contributed by atoms with Gasteiger partial charge in [-0.2, -0.15) is 0 Å². The van der Waals surface area contributed by atoms with Crippen LogP contribution in [0, 0.1) is 0 Å². The molecule has 0 aliphatic heterocycles. The summed E-state index contributed by atoms with van der Waals surface area (Å²) in [4.78, 5) is 9.94. The average Bonchev–Trinajstić information content (AvgIpc) is 2.00. The zero-order valence-electron chi connectivity index (χ0n) is 5.82. The molecule has 0 spiro atoms. The Kier molecular flexibility index (Phi) is 3.98. The van der Waals surface area contributed by atoms with Gasteiger partial charge in [0.05, 0.1) is 19.8 Å². The van der Waals surface area contributed by atoms with Gasteiger partial charge in [0.25, 0.3) is 0 Å². The maximum absolute atomic E-state index is 9.94. The molecule has 66 valence electrons. The number of carboxylic acids is 1. The van der Waals surface area contributed by atoms with Crippen LogP contribution in [0.5, 0.6) is 0 Å². The predicted molar refractivity (Wildman–Crippen MR) is 34.8 cm³/mol. The Morgan fingerprint density at radius 1 is 1.36 bits per heavy atom. The van der Waals surface area contributed by atoms with Crippen molar-refractivity contribution in [1.82, 2.24) is 5.32 Å². The van der Waals surface area contributed by atoms with Gasteiger partial charge in [0.1, 0.15) is 0 Å². The molecular formula is C5H11NO5. The fourth-order valence-electron chi connectivity index (χ4n) is 0.402. The Morgan fingerprint density at radius 2 is 1.82 bits per heavy atom. The normalized spacial score (nSPS) is 11.5. The van der Waals surface area contributed by atoms with Crippen LogP contribution >= 0.6 is 0 Å². The highest BCUT2D eigenvalue weighted by Crippen LogP contribution is 1.94. The van der Waals surface area contributed by atoms with Crippen LogP contribution in [0.2, 0.25) is 0 Å². The van der Waals surface area contributed by atoms with E-state index in [-0.39, 0.29) is 0 Å². The zero-order valence-corrected chi connectivity index (χ0v) is 5.82. The van der Waals surface area contributed by atoms with Gasteiger partial charge >= 0.3 is 5.97 Å². The quantitative estimate of drug-likeness (QED) is 0.284. The van der Waals surface area contributed by atoms with E-state index in [4.69, 9.17) is 20.4 Å². The maximum atomic E-state index is 9.94. The van der Waals surface area contributed by atoms with E-state index >= 15 is 0 Å². The molecule has 0 atom stereocenters. The molecule has 0 unspecified atom stereocenters. The Morgan fingerprint density at radius 3 is 2.09 bits per heavy atom.